The third-order valence-electron chi connectivity index (χ3n) is 1.69. The van der Waals surface area contributed by atoms with Crippen LogP contribution in [-0.4, -0.2) is 28.4 Å². The second-order valence-corrected chi connectivity index (χ2v) is 4.25. The molecule has 14 heavy (non-hydrogen) atoms. The van der Waals surface area contributed by atoms with Gasteiger partial charge in [0.05, 0.1) is 0 Å². The van der Waals surface area contributed by atoms with Crippen LogP contribution in [-0.2, 0) is 4.79 Å². The average Bonchev–Trinajstić information content (AvgIpc) is 2.19. The normalized spacial score (nSPS) is 12.1. The Hall–Kier alpha value is -1.23. The molecule has 1 N–H and O–H groups in total. The second-order valence-electron chi connectivity index (χ2n) is 2.79. The van der Waals surface area contributed by atoms with Gasteiger partial charge in [0.25, 0.3) is 0 Å². The molecule has 0 aliphatic rings. The van der Waals surface area contributed by atoms with E-state index in [1.54, 1.807) is 19.3 Å². The molecule has 4 nitrogen and oxygen atoms in total. The zero-order chi connectivity index (χ0) is 10.6. The predicted octanol–water partition coefficient (Wildman–Crippen LogP) is 1.64. The van der Waals surface area contributed by atoms with Crippen LogP contribution in [0.15, 0.2) is 24.5 Å². The van der Waals surface area contributed by atoms with Crippen LogP contribution in [0, 0.1) is 0 Å². The van der Waals surface area contributed by atoms with Gasteiger partial charge < -0.3 is 9.41 Å². The summed E-state index contributed by atoms with van der Waals surface area (Å²) in [5, 5.41) is 8.27. The van der Waals surface area contributed by atoms with Crippen molar-refractivity contribution in [1.82, 2.24) is 4.98 Å². The van der Waals surface area contributed by atoms with Crippen LogP contribution < -0.4 is 4.31 Å². The van der Waals surface area contributed by atoms with Crippen molar-refractivity contribution in [2.24, 2.45) is 0 Å². The fourth-order valence-corrected chi connectivity index (χ4v) is 1.71. The first-order valence-electron chi connectivity index (χ1n) is 4.14. The SMILES string of the molecule is CC(SN(C)c1ccncc1)C(=O)O. The van der Waals surface area contributed by atoms with E-state index in [-0.39, 0.29) is 0 Å². The zero-order valence-electron chi connectivity index (χ0n) is 8.04. The molecular formula is C9H12N2O2S. The lowest BCUT2D eigenvalue weighted by atomic mass is 10.4. The highest BCUT2D eigenvalue weighted by atomic mass is 32.2. The molecule has 1 rings (SSSR count). The summed E-state index contributed by atoms with van der Waals surface area (Å²) in [7, 11) is 1.83. The van der Waals surface area contributed by atoms with Gasteiger partial charge in [0.2, 0.25) is 0 Å². The molecule has 0 radical (unpaired) electrons. The number of carboxylic acid groups (broad SMARTS) is 1. The average molecular weight is 212 g/mol. The second kappa shape index (κ2) is 4.85. The third-order valence-corrected chi connectivity index (χ3v) is 2.74. The molecule has 0 fully saturated rings. The number of aliphatic carboxylic acids is 1. The van der Waals surface area contributed by atoms with Crippen molar-refractivity contribution in [3.63, 3.8) is 0 Å². The number of aromatic nitrogens is 1. The number of rotatable bonds is 4. The molecular weight excluding hydrogens is 200 g/mol. The van der Waals surface area contributed by atoms with Crippen LogP contribution >= 0.6 is 11.9 Å². The van der Waals surface area contributed by atoms with Gasteiger partial charge in [0.1, 0.15) is 5.25 Å². The van der Waals surface area contributed by atoms with Crippen molar-refractivity contribution < 1.29 is 9.90 Å². The molecule has 0 amide bonds. The lowest BCUT2D eigenvalue weighted by molar-refractivity contribution is -0.136. The summed E-state index contributed by atoms with van der Waals surface area (Å²) >= 11 is 1.27. The number of anilines is 1. The lowest BCUT2D eigenvalue weighted by Crippen LogP contribution is -2.19. The molecule has 0 spiro atoms. The largest absolute Gasteiger partial charge is 0.480 e. The maximum atomic E-state index is 10.6. The zero-order valence-corrected chi connectivity index (χ0v) is 8.86. The Morgan fingerprint density at radius 2 is 2.14 bits per heavy atom. The summed E-state index contributed by atoms with van der Waals surface area (Å²) < 4.78 is 1.82. The molecule has 0 bridgehead atoms. The van der Waals surface area contributed by atoms with Crippen molar-refractivity contribution in [2.75, 3.05) is 11.4 Å². The smallest absolute Gasteiger partial charge is 0.318 e. The maximum absolute atomic E-state index is 10.6. The van der Waals surface area contributed by atoms with E-state index in [1.807, 2.05) is 23.5 Å². The fourth-order valence-electron chi connectivity index (χ4n) is 0.897. The highest BCUT2D eigenvalue weighted by Gasteiger charge is 2.14. The van der Waals surface area contributed by atoms with Crippen molar-refractivity contribution in [3.8, 4) is 0 Å². The van der Waals surface area contributed by atoms with Gasteiger partial charge in [-0.25, -0.2) is 0 Å². The van der Waals surface area contributed by atoms with Gasteiger partial charge in [-0.3, -0.25) is 9.78 Å². The van der Waals surface area contributed by atoms with Crippen LogP contribution in [0.5, 0.6) is 0 Å². The van der Waals surface area contributed by atoms with Crippen LogP contribution in [0.2, 0.25) is 0 Å². The topological polar surface area (TPSA) is 53.4 Å². The van der Waals surface area contributed by atoms with E-state index < -0.39 is 11.2 Å². The van der Waals surface area contributed by atoms with Gasteiger partial charge in [0.15, 0.2) is 0 Å². The van der Waals surface area contributed by atoms with Crippen molar-refractivity contribution in [2.45, 2.75) is 12.2 Å². The third kappa shape index (κ3) is 2.92. The summed E-state index contributed by atoms with van der Waals surface area (Å²) in [5.41, 5.74) is 0.943. The minimum Gasteiger partial charge on any atom is -0.480 e. The summed E-state index contributed by atoms with van der Waals surface area (Å²) in [4.78, 5) is 14.5. The molecule has 76 valence electrons. The highest BCUT2D eigenvalue weighted by Crippen LogP contribution is 2.22. The summed E-state index contributed by atoms with van der Waals surface area (Å²) in [6.07, 6.45) is 3.36. The Morgan fingerprint density at radius 1 is 1.57 bits per heavy atom. The molecule has 1 atom stereocenters. The number of hydrogen-bond donors (Lipinski definition) is 1. The molecule has 1 unspecified atom stereocenters. The molecule has 0 saturated carbocycles. The number of nitrogens with zero attached hydrogens (tertiary/aromatic N) is 2. The molecule has 0 aliphatic carbocycles. The summed E-state index contributed by atoms with van der Waals surface area (Å²) in [6, 6.07) is 3.67. The number of carbonyl (C=O) groups is 1. The van der Waals surface area contributed by atoms with Gasteiger partial charge in [0, 0.05) is 25.1 Å². The number of hydrogen-bond acceptors (Lipinski definition) is 4. The highest BCUT2D eigenvalue weighted by molar-refractivity contribution is 8.01. The van der Waals surface area contributed by atoms with E-state index in [2.05, 4.69) is 4.98 Å². The van der Waals surface area contributed by atoms with Gasteiger partial charge >= 0.3 is 5.97 Å². The first kappa shape index (κ1) is 10.8. The monoisotopic (exact) mass is 212 g/mol. The van der Waals surface area contributed by atoms with Crippen molar-refractivity contribution >= 4 is 23.6 Å². The van der Waals surface area contributed by atoms with Crippen molar-refractivity contribution in [3.05, 3.63) is 24.5 Å². The van der Waals surface area contributed by atoms with Gasteiger partial charge in [-0.05, 0) is 31.0 Å². The molecule has 0 aliphatic heterocycles. The van der Waals surface area contributed by atoms with Crippen molar-refractivity contribution in [1.29, 1.82) is 0 Å². The lowest BCUT2D eigenvalue weighted by Gasteiger charge is -2.19. The molecule has 1 aromatic rings. The molecule has 0 saturated heterocycles. The van der Waals surface area contributed by atoms with E-state index in [4.69, 9.17) is 5.11 Å². The Morgan fingerprint density at radius 3 is 2.64 bits per heavy atom. The quantitative estimate of drug-likeness (QED) is 0.769. The van der Waals surface area contributed by atoms with Gasteiger partial charge in [-0.2, -0.15) is 0 Å². The Kier molecular flexibility index (Phi) is 3.76. The van der Waals surface area contributed by atoms with Crippen LogP contribution in [0.1, 0.15) is 6.92 Å². The van der Waals surface area contributed by atoms with E-state index in [1.165, 1.54) is 11.9 Å². The Labute approximate surface area is 87.1 Å². The number of pyridine rings is 1. The summed E-state index contributed by atoms with van der Waals surface area (Å²) in [6.45, 7) is 1.66. The molecule has 0 aromatic carbocycles. The van der Waals surface area contributed by atoms with Gasteiger partial charge in [-0.15, -0.1) is 0 Å². The minimum atomic E-state index is -0.809. The Bertz CT molecular complexity index is 305. The first-order valence-corrected chi connectivity index (χ1v) is 4.98. The predicted molar refractivity (Wildman–Crippen MR) is 57.3 cm³/mol. The van der Waals surface area contributed by atoms with Crippen LogP contribution in [0.3, 0.4) is 0 Å². The number of carboxylic acids is 1. The Balaban J connectivity index is 2.59. The minimum absolute atomic E-state index is 0.451. The fraction of sp³-hybridized carbons (Fsp3) is 0.333. The van der Waals surface area contributed by atoms with Gasteiger partial charge in [-0.1, -0.05) is 0 Å². The maximum Gasteiger partial charge on any atom is 0.318 e. The van der Waals surface area contributed by atoms with E-state index in [0.717, 1.165) is 5.69 Å². The van der Waals surface area contributed by atoms with E-state index in [0.29, 0.717) is 0 Å². The first-order chi connectivity index (χ1) is 6.61. The standard InChI is InChI=1S/C9H12N2O2S/c1-7(9(12)13)14-11(2)8-3-5-10-6-4-8/h3-7H,1-2H3,(H,12,13). The van der Waals surface area contributed by atoms with Crippen LogP contribution in [0.25, 0.3) is 0 Å². The van der Waals surface area contributed by atoms with E-state index in [9.17, 15) is 4.79 Å². The summed E-state index contributed by atoms with van der Waals surface area (Å²) in [5.74, 6) is -0.809. The van der Waals surface area contributed by atoms with Crippen LogP contribution in [0.4, 0.5) is 5.69 Å². The van der Waals surface area contributed by atoms with E-state index >= 15 is 0 Å². The molecule has 1 heterocycles. The molecule has 1 aromatic heterocycles. The molecule has 5 heteroatoms.